The van der Waals surface area contributed by atoms with Crippen molar-refractivity contribution in [3.8, 4) is 11.1 Å². The molecule has 0 unspecified atom stereocenters. The summed E-state index contributed by atoms with van der Waals surface area (Å²) < 4.78 is 7.10. The smallest absolute Gasteiger partial charge is 0.341 e. The summed E-state index contributed by atoms with van der Waals surface area (Å²) >= 11 is 7.56. The number of esters is 1. The number of methoxy groups -OCH3 is 1. The Kier molecular flexibility index (Phi) is 6.43. The SMILES string of the molecule is CCn1c(C(=O)Nc2scc(-c3ccc4c(c3)CCCC4)c2C(=O)OC)c(C)c2cc(Cl)ccc21. The second-order valence-corrected chi connectivity index (χ2v) is 10.2. The Morgan fingerprint density at radius 2 is 1.89 bits per heavy atom. The summed E-state index contributed by atoms with van der Waals surface area (Å²) in [5.41, 5.74) is 7.23. The minimum Gasteiger partial charge on any atom is -0.465 e. The summed E-state index contributed by atoms with van der Waals surface area (Å²) in [6.07, 6.45) is 4.55. The Hall–Kier alpha value is -3.09. The first-order valence-corrected chi connectivity index (χ1v) is 13.1. The molecule has 2 heterocycles. The van der Waals surface area contributed by atoms with Crippen LogP contribution >= 0.6 is 22.9 Å². The lowest BCUT2D eigenvalue weighted by Crippen LogP contribution is -2.19. The van der Waals surface area contributed by atoms with Crippen molar-refractivity contribution in [3.63, 3.8) is 0 Å². The molecule has 0 aliphatic heterocycles. The zero-order valence-corrected chi connectivity index (χ0v) is 21.6. The van der Waals surface area contributed by atoms with Crippen molar-refractivity contribution in [2.24, 2.45) is 0 Å². The third kappa shape index (κ3) is 4.15. The molecule has 2 aromatic heterocycles. The molecular formula is C28H27ClN2O3S. The van der Waals surface area contributed by atoms with Crippen LogP contribution in [0.15, 0.2) is 41.8 Å². The first-order valence-electron chi connectivity index (χ1n) is 11.8. The van der Waals surface area contributed by atoms with E-state index in [9.17, 15) is 9.59 Å². The minimum atomic E-state index is -0.464. The fourth-order valence-electron chi connectivity index (χ4n) is 5.15. The Bertz CT molecular complexity index is 1470. The predicted molar refractivity (Wildman–Crippen MR) is 143 cm³/mol. The molecule has 1 aliphatic carbocycles. The zero-order valence-electron chi connectivity index (χ0n) is 20.0. The molecule has 0 saturated carbocycles. The van der Waals surface area contributed by atoms with Gasteiger partial charge in [0.15, 0.2) is 0 Å². The van der Waals surface area contributed by atoms with Crippen LogP contribution in [-0.4, -0.2) is 23.6 Å². The molecule has 5 nitrogen and oxygen atoms in total. The number of carbonyl (C=O) groups is 2. The van der Waals surface area contributed by atoms with Gasteiger partial charge in [-0.2, -0.15) is 0 Å². The van der Waals surface area contributed by atoms with Crippen LogP contribution in [0, 0.1) is 6.92 Å². The monoisotopic (exact) mass is 506 g/mol. The van der Waals surface area contributed by atoms with Gasteiger partial charge in [-0.3, -0.25) is 4.79 Å². The molecule has 4 aromatic rings. The predicted octanol–water partition coefficient (Wildman–Crippen LogP) is 7.27. The molecule has 1 aliphatic rings. The first kappa shape index (κ1) is 23.6. The number of rotatable bonds is 5. The molecule has 0 bridgehead atoms. The lowest BCUT2D eigenvalue weighted by Gasteiger charge is -2.17. The second-order valence-electron chi connectivity index (χ2n) is 8.87. The normalized spacial score (nSPS) is 13.0. The van der Waals surface area contributed by atoms with Crippen molar-refractivity contribution in [1.29, 1.82) is 0 Å². The van der Waals surface area contributed by atoms with Crippen molar-refractivity contribution < 1.29 is 14.3 Å². The second kappa shape index (κ2) is 9.51. The van der Waals surface area contributed by atoms with E-state index in [1.165, 1.54) is 42.4 Å². The lowest BCUT2D eigenvalue weighted by molar-refractivity contribution is 0.0603. The van der Waals surface area contributed by atoms with Gasteiger partial charge in [-0.15, -0.1) is 11.3 Å². The summed E-state index contributed by atoms with van der Waals surface area (Å²) in [4.78, 5) is 26.4. The van der Waals surface area contributed by atoms with E-state index < -0.39 is 5.97 Å². The van der Waals surface area contributed by atoms with Crippen LogP contribution in [0.3, 0.4) is 0 Å². The van der Waals surface area contributed by atoms with Crippen LogP contribution in [0.2, 0.25) is 5.02 Å². The summed E-state index contributed by atoms with van der Waals surface area (Å²) in [7, 11) is 1.37. The van der Waals surface area contributed by atoms with Crippen LogP contribution in [0.25, 0.3) is 22.0 Å². The molecular weight excluding hydrogens is 480 g/mol. The molecule has 0 radical (unpaired) electrons. The van der Waals surface area contributed by atoms with Crippen LogP contribution in [0.1, 0.15) is 57.3 Å². The standard InChI is InChI=1S/C28H27ClN2O3S/c1-4-31-23-12-11-20(29)14-21(23)16(2)25(31)26(32)30-27-24(28(33)34-3)22(15-35-27)19-10-9-17-7-5-6-8-18(17)13-19/h9-15H,4-8H2,1-3H3,(H,30,32). The number of hydrogen-bond donors (Lipinski definition) is 1. The number of nitrogens with zero attached hydrogens (tertiary/aromatic N) is 1. The Morgan fingerprint density at radius 3 is 2.63 bits per heavy atom. The van der Waals surface area contributed by atoms with Gasteiger partial charge in [-0.25, -0.2) is 4.79 Å². The Labute approximate surface area is 213 Å². The van der Waals surface area contributed by atoms with E-state index in [0.717, 1.165) is 40.4 Å². The molecule has 35 heavy (non-hydrogen) atoms. The quantitative estimate of drug-likeness (QED) is 0.289. The maximum atomic E-state index is 13.6. The summed E-state index contributed by atoms with van der Waals surface area (Å²) in [5.74, 6) is -0.727. The number of fused-ring (bicyclic) bond motifs is 2. The maximum Gasteiger partial charge on any atom is 0.341 e. The number of ether oxygens (including phenoxy) is 1. The Morgan fingerprint density at radius 1 is 1.11 bits per heavy atom. The van der Waals surface area contributed by atoms with Crippen molar-refractivity contribution in [3.05, 3.63) is 74.7 Å². The number of hydrogen-bond acceptors (Lipinski definition) is 4. The molecule has 2 aromatic carbocycles. The van der Waals surface area contributed by atoms with Crippen LogP contribution in [0.4, 0.5) is 5.00 Å². The fourth-order valence-corrected chi connectivity index (χ4v) is 6.27. The number of aromatic nitrogens is 1. The van der Waals surface area contributed by atoms with E-state index in [-0.39, 0.29) is 5.91 Å². The number of halogens is 1. The van der Waals surface area contributed by atoms with E-state index in [0.29, 0.717) is 27.8 Å². The molecule has 0 saturated heterocycles. The highest BCUT2D eigenvalue weighted by Gasteiger charge is 2.26. The molecule has 0 spiro atoms. The van der Waals surface area contributed by atoms with Gasteiger partial charge in [0.05, 0.1) is 7.11 Å². The lowest BCUT2D eigenvalue weighted by atomic mass is 9.89. The average molecular weight is 507 g/mol. The van der Waals surface area contributed by atoms with Gasteiger partial charge in [0.2, 0.25) is 0 Å². The number of amides is 1. The maximum absolute atomic E-state index is 13.6. The minimum absolute atomic E-state index is 0.263. The molecule has 0 fully saturated rings. The van der Waals surface area contributed by atoms with Crippen molar-refractivity contribution in [1.82, 2.24) is 4.57 Å². The molecule has 0 atom stereocenters. The van der Waals surface area contributed by atoms with Gasteiger partial charge in [0.1, 0.15) is 16.3 Å². The van der Waals surface area contributed by atoms with Crippen molar-refractivity contribution in [2.75, 3.05) is 12.4 Å². The largest absolute Gasteiger partial charge is 0.465 e. The van der Waals surface area contributed by atoms with E-state index >= 15 is 0 Å². The zero-order chi connectivity index (χ0) is 24.7. The number of benzene rings is 2. The molecule has 1 N–H and O–H groups in total. The number of anilines is 1. The van der Waals surface area contributed by atoms with Crippen LogP contribution < -0.4 is 5.32 Å². The van der Waals surface area contributed by atoms with E-state index in [1.807, 2.05) is 42.0 Å². The van der Waals surface area contributed by atoms with Gasteiger partial charge >= 0.3 is 5.97 Å². The van der Waals surface area contributed by atoms with Gasteiger partial charge < -0.3 is 14.6 Å². The van der Waals surface area contributed by atoms with E-state index in [2.05, 4.69) is 23.5 Å². The fraction of sp³-hybridized carbons (Fsp3) is 0.286. The van der Waals surface area contributed by atoms with Crippen LogP contribution in [-0.2, 0) is 24.1 Å². The van der Waals surface area contributed by atoms with Crippen molar-refractivity contribution in [2.45, 2.75) is 46.1 Å². The summed E-state index contributed by atoms with van der Waals surface area (Å²) in [5, 5.41) is 6.99. The van der Waals surface area contributed by atoms with Crippen LogP contribution in [0.5, 0.6) is 0 Å². The van der Waals surface area contributed by atoms with Gasteiger partial charge in [0, 0.05) is 33.4 Å². The highest BCUT2D eigenvalue weighted by molar-refractivity contribution is 7.15. The molecule has 5 rings (SSSR count). The highest BCUT2D eigenvalue weighted by Crippen LogP contribution is 2.38. The van der Waals surface area contributed by atoms with E-state index in [1.54, 1.807) is 0 Å². The highest BCUT2D eigenvalue weighted by atomic mass is 35.5. The van der Waals surface area contributed by atoms with Gasteiger partial charge in [-0.1, -0.05) is 29.8 Å². The average Bonchev–Trinajstić information content (AvgIpc) is 3.41. The molecule has 180 valence electrons. The number of carbonyl (C=O) groups excluding carboxylic acids is 2. The van der Waals surface area contributed by atoms with E-state index in [4.69, 9.17) is 16.3 Å². The number of nitrogens with one attached hydrogen (secondary N) is 1. The first-order chi connectivity index (χ1) is 16.9. The third-order valence-electron chi connectivity index (χ3n) is 6.88. The topological polar surface area (TPSA) is 60.3 Å². The third-order valence-corrected chi connectivity index (χ3v) is 8.01. The van der Waals surface area contributed by atoms with Gasteiger partial charge in [0.25, 0.3) is 5.91 Å². The molecule has 7 heteroatoms. The van der Waals surface area contributed by atoms with Crippen molar-refractivity contribution >= 4 is 50.7 Å². The summed E-state index contributed by atoms with van der Waals surface area (Å²) in [6.45, 7) is 4.56. The van der Waals surface area contributed by atoms with Gasteiger partial charge in [-0.05, 0) is 80.0 Å². The number of aryl methyl sites for hydroxylation is 4. The number of thiophene rings is 1. The molecule has 1 amide bonds. The Balaban J connectivity index is 1.56. The summed E-state index contributed by atoms with van der Waals surface area (Å²) in [6, 6.07) is 12.1.